The number of fused-ring (bicyclic) bond motifs is 1. The minimum atomic E-state index is 0.412. The zero-order valence-corrected chi connectivity index (χ0v) is 17.0. The molecule has 0 saturated carbocycles. The Morgan fingerprint density at radius 3 is 2.94 bits per heavy atom. The fourth-order valence-electron chi connectivity index (χ4n) is 3.75. The molecule has 5 heterocycles. The number of rotatable bonds is 5. The molecule has 0 aliphatic carbocycles. The first-order valence-electron chi connectivity index (χ1n) is 10.2. The van der Waals surface area contributed by atoms with Gasteiger partial charge in [0.15, 0.2) is 0 Å². The molecule has 10 heteroatoms. The van der Waals surface area contributed by atoms with Crippen LogP contribution in [0.4, 0.5) is 11.7 Å². The normalized spacial score (nSPS) is 14.0. The molecule has 0 radical (unpaired) electrons. The summed E-state index contributed by atoms with van der Waals surface area (Å²) in [6.45, 7) is 6.13. The van der Waals surface area contributed by atoms with E-state index in [-0.39, 0.29) is 0 Å². The number of hydrogen-bond acceptors (Lipinski definition) is 9. The summed E-state index contributed by atoms with van der Waals surface area (Å²) >= 11 is 0. The summed E-state index contributed by atoms with van der Waals surface area (Å²) in [6, 6.07) is 8.50. The lowest BCUT2D eigenvalue weighted by Crippen LogP contribution is -2.43. The number of hydrogen-bond donors (Lipinski definition) is 2. The van der Waals surface area contributed by atoms with Gasteiger partial charge in [-0.2, -0.15) is 10.4 Å². The van der Waals surface area contributed by atoms with Crippen molar-refractivity contribution in [2.24, 2.45) is 0 Å². The van der Waals surface area contributed by atoms with Crippen LogP contribution in [0.1, 0.15) is 12.5 Å². The van der Waals surface area contributed by atoms with E-state index >= 15 is 0 Å². The van der Waals surface area contributed by atoms with Gasteiger partial charge >= 0.3 is 6.01 Å². The zero-order valence-electron chi connectivity index (χ0n) is 17.0. The van der Waals surface area contributed by atoms with Crippen LogP contribution in [-0.2, 0) is 0 Å². The van der Waals surface area contributed by atoms with Crippen LogP contribution >= 0.6 is 0 Å². The van der Waals surface area contributed by atoms with E-state index in [1.54, 1.807) is 16.9 Å². The lowest BCUT2D eigenvalue weighted by molar-refractivity contribution is 0.505. The van der Waals surface area contributed by atoms with Crippen LogP contribution in [-0.4, -0.2) is 57.5 Å². The minimum absolute atomic E-state index is 0.412. The van der Waals surface area contributed by atoms with Gasteiger partial charge in [-0.25, -0.2) is 4.52 Å². The molecule has 0 amide bonds. The van der Waals surface area contributed by atoms with E-state index in [1.165, 1.54) is 0 Å². The largest absolute Gasteiger partial charge is 0.403 e. The Balaban J connectivity index is 1.57. The van der Waals surface area contributed by atoms with Gasteiger partial charge in [-0.1, -0.05) is 5.10 Å². The SMILES string of the molecule is CCNc1cc(-c2nnc(N3CCNCC3)o2)cnc1-c1c(C#N)cnn2cccc12. The van der Waals surface area contributed by atoms with Gasteiger partial charge in [-0.3, -0.25) is 4.98 Å². The first-order valence-corrected chi connectivity index (χ1v) is 10.2. The summed E-state index contributed by atoms with van der Waals surface area (Å²) in [5.74, 6) is 0.412. The van der Waals surface area contributed by atoms with Crippen LogP contribution < -0.4 is 15.5 Å². The molecule has 4 aromatic heterocycles. The molecule has 1 aliphatic rings. The highest BCUT2D eigenvalue weighted by atomic mass is 16.4. The second-order valence-electron chi connectivity index (χ2n) is 7.16. The average molecular weight is 415 g/mol. The Kier molecular flexibility index (Phi) is 4.93. The van der Waals surface area contributed by atoms with Crippen molar-refractivity contribution in [2.45, 2.75) is 6.92 Å². The molecule has 31 heavy (non-hydrogen) atoms. The Hall–Kier alpha value is -3.97. The maximum Gasteiger partial charge on any atom is 0.318 e. The van der Waals surface area contributed by atoms with Gasteiger partial charge in [0, 0.05) is 50.7 Å². The van der Waals surface area contributed by atoms with E-state index in [0.717, 1.165) is 42.9 Å². The molecule has 0 bridgehead atoms. The predicted octanol–water partition coefficient (Wildman–Crippen LogP) is 2.16. The molecule has 10 nitrogen and oxygen atoms in total. The number of nitrogens with zero attached hydrogens (tertiary/aromatic N) is 7. The molecule has 5 rings (SSSR count). The van der Waals surface area contributed by atoms with Gasteiger partial charge in [0.25, 0.3) is 5.89 Å². The van der Waals surface area contributed by atoms with Crippen molar-refractivity contribution < 1.29 is 4.42 Å². The summed E-state index contributed by atoms with van der Waals surface area (Å²) in [5, 5.41) is 29.1. The Morgan fingerprint density at radius 2 is 2.13 bits per heavy atom. The third-order valence-corrected chi connectivity index (χ3v) is 5.23. The molecule has 1 saturated heterocycles. The molecule has 156 valence electrons. The molecule has 0 unspecified atom stereocenters. The molecule has 1 fully saturated rings. The van der Waals surface area contributed by atoms with Crippen LogP contribution in [0, 0.1) is 11.3 Å². The zero-order chi connectivity index (χ0) is 21.2. The molecule has 0 aromatic carbocycles. The summed E-state index contributed by atoms with van der Waals surface area (Å²) in [6.07, 6.45) is 5.11. The van der Waals surface area contributed by atoms with Crippen LogP contribution in [0.5, 0.6) is 0 Å². The van der Waals surface area contributed by atoms with Gasteiger partial charge < -0.3 is 20.0 Å². The Morgan fingerprint density at radius 1 is 1.26 bits per heavy atom. The van der Waals surface area contributed by atoms with Crippen molar-refractivity contribution in [3.63, 3.8) is 0 Å². The third kappa shape index (κ3) is 3.45. The second kappa shape index (κ2) is 8.04. The maximum absolute atomic E-state index is 9.67. The third-order valence-electron chi connectivity index (χ3n) is 5.23. The molecule has 0 spiro atoms. The van der Waals surface area contributed by atoms with Crippen molar-refractivity contribution in [1.29, 1.82) is 5.26 Å². The standard InChI is InChI=1S/C21H21N9O/c1-2-24-16-10-14(20-27-28-21(31-20)29-8-5-23-6-9-29)12-25-19(16)18-15(11-22)13-26-30-7-3-4-17(18)30/h3-4,7,10,12-13,23-24H,2,5-6,8-9H2,1H3. The van der Waals surface area contributed by atoms with E-state index in [0.29, 0.717) is 35.3 Å². The van der Waals surface area contributed by atoms with Gasteiger partial charge in [0.1, 0.15) is 6.07 Å². The van der Waals surface area contributed by atoms with Crippen LogP contribution in [0.25, 0.3) is 28.2 Å². The molecule has 0 atom stereocenters. The fourth-order valence-corrected chi connectivity index (χ4v) is 3.75. The summed E-state index contributed by atoms with van der Waals surface area (Å²) in [7, 11) is 0. The van der Waals surface area contributed by atoms with Crippen molar-refractivity contribution in [2.75, 3.05) is 42.9 Å². The number of aromatic nitrogens is 5. The molecular formula is C21H21N9O. The summed E-state index contributed by atoms with van der Waals surface area (Å²) in [5.41, 5.74) is 4.19. The van der Waals surface area contributed by atoms with Gasteiger partial charge in [-0.05, 0) is 25.1 Å². The quantitative estimate of drug-likeness (QED) is 0.505. The molecular weight excluding hydrogens is 394 g/mol. The van der Waals surface area contributed by atoms with Crippen molar-refractivity contribution in [3.8, 4) is 28.8 Å². The van der Waals surface area contributed by atoms with E-state index < -0.39 is 0 Å². The van der Waals surface area contributed by atoms with Gasteiger partial charge in [-0.15, -0.1) is 5.10 Å². The van der Waals surface area contributed by atoms with E-state index in [2.05, 4.69) is 36.9 Å². The smallest absolute Gasteiger partial charge is 0.318 e. The minimum Gasteiger partial charge on any atom is -0.403 e. The first-order chi connectivity index (χ1) is 15.3. The van der Waals surface area contributed by atoms with Crippen molar-refractivity contribution in [1.82, 2.24) is 30.1 Å². The maximum atomic E-state index is 9.67. The topological polar surface area (TPSA) is 120 Å². The van der Waals surface area contributed by atoms with Gasteiger partial charge in [0.2, 0.25) is 0 Å². The fraction of sp³-hybridized carbons (Fsp3) is 0.286. The first kappa shape index (κ1) is 19.0. The lowest BCUT2D eigenvalue weighted by Gasteiger charge is -2.24. The van der Waals surface area contributed by atoms with Gasteiger partial charge in [0.05, 0.1) is 34.2 Å². The number of pyridine rings is 1. The van der Waals surface area contributed by atoms with E-state index in [1.807, 2.05) is 31.3 Å². The van der Waals surface area contributed by atoms with Crippen molar-refractivity contribution >= 4 is 17.2 Å². The molecule has 4 aromatic rings. The van der Waals surface area contributed by atoms with Crippen LogP contribution in [0.2, 0.25) is 0 Å². The van der Waals surface area contributed by atoms with Crippen LogP contribution in [0.15, 0.2) is 41.2 Å². The highest BCUT2D eigenvalue weighted by Crippen LogP contribution is 2.34. The average Bonchev–Trinajstić information content (AvgIpc) is 3.49. The predicted molar refractivity (Wildman–Crippen MR) is 116 cm³/mol. The number of piperazine rings is 1. The Bertz CT molecular complexity index is 1260. The summed E-state index contributed by atoms with van der Waals surface area (Å²) in [4.78, 5) is 6.77. The lowest BCUT2D eigenvalue weighted by atomic mass is 10.0. The summed E-state index contributed by atoms with van der Waals surface area (Å²) < 4.78 is 7.67. The van der Waals surface area contributed by atoms with E-state index in [9.17, 15) is 5.26 Å². The Labute approximate surface area is 178 Å². The molecule has 2 N–H and O–H groups in total. The van der Waals surface area contributed by atoms with Crippen molar-refractivity contribution in [3.05, 3.63) is 42.4 Å². The monoisotopic (exact) mass is 415 g/mol. The second-order valence-corrected chi connectivity index (χ2v) is 7.16. The molecule has 1 aliphatic heterocycles. The van der Waals surface area contributed by atoms with E-state index in [4.69, 9.17) is 9.40 Å². The van der Waals surface area contributed by atoms with Crippen LogP contribution in [0.3, 0.4) is 0 Å². The number of nitriles is 1. The number of anilines is 2. The highest BCUT2D eigenvalue weighted by Gasteiger charge is 2.20. The highest BCUT2D eigenvalue weighted by molar-refractivity contribution is 5.89. The number of nitrogens with one attached hydrogen (secondary N) is 2.